The van der Waals surface area contributed by atoms with Crippen molar-refractivity contribution in [2.45, 2.75) is 13.3 Å². The molecule has 1 aliphatic rings. The van der Waals surface area contributed by atoms with Gasteiger partial charge in [-0.3, -0.25) is 14.4 Å². The molecule has 28 heavy (non-hydrogen) atoms. The molecule has 6 nitrogen and oxygen atoms in total. The van der Waals surface area contributed by atoms with E-state index in [1.165, 1.54) is 19.1 Å². The molecule has 1 N–H and O–H groups in total. The minimum atomic E-state index is -0.387. The Balaban J connectivity index is 1.47. The molecule has 1 fully saturated rings. The van der Waals surface area contributed by atoms with Crippen molar-refractivity contribution < 1.29 is 18.8 Å². The summed E-state index contributed by atoms with van der Waals surface area (Å²) in [6.07, 6.45) is -0.231. The SMILES string of the molecule is CC(=O)c1ccc(NC(=O)CC(=O)N2CCN(c3ccc(F)cc3)CC2)cc1. The van der Waals surface area contributed by atoms with Gasteiger partial charge in [-0.05, 0) is 55.5 Å². The summed E-state index contributed by atoms with van der Waals surface area (Å²) in [4.78, 5) is 39.5. The third-order valence-corrected chi connectivity index (χ3v) is 4.71. The van der Waals surface area contributed by atoms with Crippen LogP contribution >= 0.6 is 0 Å². The number of benzene rings is 2. The highest BCUT2D eigenvalue weighted by Crippen LogP contribution is 2.17. The first-order chi connectivity index (χ1) is 13.4. The first-order valence-electron chi connectivity index (χ1n) is 9.11. The fourth-order valence-corrected chi connectivity index (χ4v) is 3.11. The zero-order chi connectivity index (χ0) is 20.1. The molecule has 0 unspecified atom stereocenters. The fraction of sp³-hybridized carbons (Fsp3) is 0.286. The van der Waals surface area contributed by atoms with Gasteiger partial charge in [-0.25, -0.2) is 4.39 Å². The van der Waals surface area contributed by atoms with Crippen LogP contribution in [0.3, 0.4) is 0 Å². The van der Waals surface area contributed by atoms with Gasteiger partial charge in [0, 0.05) is 43.1 Å². The van der Waals surface area contributed by atoms with Crippen molar-refractivity contribution in [3.05, 3.63) is 59.9 Å². The maximum Gasteiger partial charge on any atom is 0.233 e. The first kappa shape index (κ1) is 19.5. The van der Waals surface area contributed by atoms with Gasteiger partial charge in [-0.15, -0.1) is 0 Å². The van der Waals surface area contributed by atoms with Crippen LogP contribution in [-0.2, 0) is 9.59 Å². The van der Waals surface area contributed by atoms with Crippen LogP contribution in [0.1, 0.15) is 23.7 Å². The monoisotopic (exact) mass is 383 g/mol. The van der Waals surface area contributed by atoms with Gasteiger partial charge >= 0.3 is 0 Å². The van der Waals surface area contributed by atoms with Crippen molar-refractivity contribution in [1.82, 2.24) is 4.90 Å². The summed E-state index contributed by atoms with van der Waals surface area (Å²) < 4.78 is 13.0. The Kier molecular flexibility index (Phi) is 6.03. The van der Waals surface area contributed by atoms with Gasteiger partial charge in [-0.2, -0.15) is 0 Å². The molecule has 1 heterocycles. The quantitative estimate of drug-likeness (QED) is 0.637. The maximum absolute atomic E-state index is 13.0. The maximum atomic E-state index is 13.0. The lowest BCUT2D eigenvalue weighted by molar-refractivity contribution is -0.134. The molecule has 0 bridgehead atoms. The Morgan fingerprint density at radius 1 is 0.929 bits per heavy atom. The second-order valence-electron chi connectivity index (χ2n) is 6.70. The van der Waals surface area contributed by atoms with Crippen molar-refractivity contribution in [3.63, 3.8) is 0 Å². The highest BCUT2D eigenvalue weighted by Gasteiger charge is 2.23. The minimum absolute atomic E-state index is 0.0483. The molecule has 0 spiro atoms. The van der Waals surface area contributed by atoms with E-state index in [2.05, 4.69) is 10.2 Å². The predicted octanol–water partition coefficient (Wildman–Crippen LogP) is 2.71. The molecule has 1 saturated heterocycles. The predicted molar refractivity (Wildman–Crippen MR) is 105 cm³/mol. The number of hydrogen-bond acceptors (Lipinski definition) is 4. The Bertz CT molecular complexity index is 857. The number of nitrogens with one attached hydrogen (secondary N) is 1. The fourth-order valence-electron chi connectivity index (χ4n) is 3.11. The van der Waals surface area contributed by atoms with E-state index in [1.54, 1.807) is 41.3 Å². The number of rotatable bonds is 5. The number of nitrogens with zero attached hydrogens (tertiary/aromatic N) is 2. The third kappa shape index (κ3) is 4.94. The van der Waals surface area contributed by atoms with Crippen LogP contribution in [0.4, 0.5) is 15.8 Å². The van der Waals surface area contributed by atoms with Gasteiger partial charge in [0.25, 0.3) is 0 Å². The smallest absolute Gasteiger partial charge is 0.233 e. The van der Waals surface area contributed by atoms with Crippen molar-refractivity contribution in [1.29, 1.82) is 0 Å². The average molecular weight is 383 g/mol. The number of anilines is 2. The molecular weight excluding hydrogens is 361 g/mol. The lowest BCUT2D eigenvalue weighted by Crippen LogP contribution is -2.49. The van der Waals surface area contributed by atoms with Gasteiger partial charge in [0.15, 0.2) is 5.78 Å². The van der Waals surface area contributed by atoms with Crippen LogP contribution in [0.5, 0.6) is 0 Å². The first-order valence-corrected chi connectivity index (χ1v) is 9.11. The molecule has 1 aliphatic heterocycles. The number of carbonyl (C=O) groups excluding carboxylic acids is 3. The van der Waals surface area contributed by atoms with E-state index >= 15 is 0 Å². The Morgan fingerprint density at radius 3 is 2.11 bits per heavy atom. The normalized spacial score (nSPS) is 13.9. The Labute approximate surface area is 162 Å². The number of piperazine rings is 1. The zero-order valence-corrected chi connectivity index (χ0v) is 15.7. The van der Waals surface area contributed by atoms with E-state index in [0.29, 0.717) is 37.4 Å². The van der Waals surface area contributed by atoms with Crippen molar-refractivity contribution in [3.8, 4) is 0 Å². The molecule has 7 heteroatoms. The summed E-state index contributed by atoms with van der Waals surface area (Å²) in [6.45, 7) is 3.76. The van der Waals surface area contributed by atoms with Crippen LogP contribution in [0, 0.1) is 5.82 Å². The van der Waals surface area contributed by atoms with Gasteiger partial charge in [0.1, 0.15) is 12.2 Å². The number of Topliss-reactive ketones (excluding diaryl/α,β-unsaturated/α-hetero) is 1. The van der Waals surface area contributed by atoms with E-state index in [0.717, 1.165) is 5.69 Å². The molecule has 2 aromatic rings. The molecule has 2 amide bonds. The van der Waals surface area contributed by atoms with Crippen LogP contribution < -0.4 is 10.2 Å². The van der Waals surface area contributed by atoms with E-state index in [1.807, 2.05) is 0 Å². The third-order valence-electron chi connectivity index (χ3n) is 4.71. The summed E-state index contributed by atoms with van der Waals surface area (Å²) in [7, 11) is 0. The minimum Gasteiger partial charge on any atom is -0.368 e. The lowest BCUT2D eigenvalue weighted by Gasteiger charge is -2.36. The number of ketones is 1. The molecule has 0 aliphatic carbocycles. The number of amides is 2. The second kappa shape index (κ2) is 8.65. The van der Waals surface area contributed by atoms with Crippen LogP contribution in [0.25, 0.3) is 0 Å². The highest BCUT2D eigenvalue weighted by atomic mass is 19.1. The Hall–Kier alpha value is -3.22. The molecular formula is C21H22FN3O3. The van der Waals surface area contributed by atoms with Crippen molar-refractivity contribution >= 4 is 29.0 Å². The summed E-state index contributed by atoms with van der Waals surface area (Å²) in [5, 5.41) is 2.67. The van der Waals surface area contributed by atoms with Crippen molar-refractivity contribution in [2.75, 3.05) is 36.4 Å². The zero-order valence-electron chi connectivity index (χ0n) is 15.7. The topological polar surface area (TPSA) is 69.7 Å². The second-order valence-corrected chi connectivity index (χ2v) is 6.70. The molecule has 3 rings (SSSR count). The molecule has 0 atom stereocenters. The molecule has 0 aromatic heterocycles. The van der Waals surface area contributed by atoms with Crippen LogP contribution in [0.2, 0.25) is 0 Å². The Morgan fingerprint density at radius 2 is 1.54 bits per heavy atom. The summed E-state index contributed by atoms with van der Waals surface area (Å²) in [5.41, 5.74) is 2.03. The van der Waals surface area contributed by atoms with Gasteiger partial charge in [0.05, 0.1) is 0 Å². The molecule has 0 saturated carbocycles. The molecule has 146 valence electrons. The summed E-state index contributed by atoms with van der Waals surface area (Å²) >= 11 is 0. The average Bonchev–Trinajstić information content (AvgIpc) is 2.69. The van der Waals surface area contributed by atoms with E-state index < -0.39 is 0 Å². The van der Waals surface area contributed by atoms with E-state index in [-0.39, 0.29) is 29.8 Å². The number of halogens is 1. The largest absolute Gasteiger partial charge is 0.368 e. The van der Waals surface area contributed by atoms with Crippen LogP contribution in [0.15, 0.2) is 48.5 Å². The van der Waals surface area contributed by atoms with Gasteiger partial charge in [-0.1, -0.05) is 0 Å². The molecule has 0 radical (unpaired) electrons. The number of hydrogen-bond donors (Lipinski definition) is 1. The van der Waals surface area contributed by atoms with Gasteiger partial charge < -0.3 is 15.1 Å². The molecule has 2 aromatic carbocycles. The van der Waals surface area contributed by atoms with E-state index in [4.69, 9.17) is 0 Å². The lowest BCUT2D eigenvalue weighted by atomic mass is 10.1. The highest BCUT2D eigenvalue weighted by molar-refractivity contribution is 6.04. The van der Waals surface area contributed by atoms with E-state index in [9.17, 15) is 18.8 Å². The standard InChI is InChI=1S/C21H22FN3O3/c1-15(26)16-2-6-18(7-3-16)23-20(27)14-21(28)25-12-10-24(11-13-25)19-8-4-17(22)5-9-19/h2-9H,10-14H2,1H3,(H,23,27). The van der Waals surface area contributed by atoms with Crippen molar-refractivity contribution in [2.24, 2.45) is 0 Å². The summed E-state index contributed by atoms with van der Waals surface area (Å²) in [6, 6.07) is 12.8. The summed E-state index contributed by atoms with van der Waals surface area (Å²) in [5.74, 6) is -0.939. The van der Waals surface area contributed by atoms with Crippen LogP contribution in [-0.4, -0.2) is 48.7 Å². The number of carbonyl (C=O) groups is 3. The van der Waals surface area contributed by atoms with Gasteiger partial charge in [0.2, 0.25) is 11.8 Å².